The zero-order chi connectivity index (χ0) is 36.9. The summed E-state index contributed by atoms with van der Waals surface area (Å²) in [5, 5.41) is 9.34. The molecule has 0 aliphatic heterocycles. The molecule has 0 bridgehead atoms. The van der Waals surface area contributed by atoms with Gasteiger partial charge in [0, 0.05) is 73.9 Å². The Kier molecular flexibility index (Phi) is 26.6. The van der Waals surface area contributed by atoms with Gasteiger partial charge in [0.05, 0.1) is 12.8 Å². The monoisotopic (exact) mass is 669 g/mol. The number of hydrazine groups is 1. The quantitative estimate of drug-likeness (QED) is 0.0301. The van der Waals surface area contributed by atoms with Gasteiger partial charge in [-0.2, -0.15) is 0 Å². The third-order valence-corrected chi connectivity index (χ3v) is 6.65. The highest BCUT2D eigenvalue weighted by Gasteiger charge is 2.15. The summed E-state index contributed by atoms with van der Waals surface area (Å²) in [5.41, 5.74) is 21.1. The van der Waals surface area contributed by atoms with Gasteiger partial charge >= 0.3 is 0 Å². The molecule has 0 spiro atoms. The Morgan fingerprint density at radius 3 is 2.29 bits per heavy atom. The summed E-state index contributed by atoms with van der Waals surface area (Å²) in [4.78, 5) is 44.3. The first-order valence-electron chi connectivity index (χ1n) is 15.3. The van der Waals surface area contributed by atoms with Crippen LogP contribution in [0.2, 0.25) is 0 Å². The number of terminal acetylenes is 1. The molecule has 2 aromatic rings. The van der Waals surface area contributed by atoms with Gasteiger partial charge in [-0.15, -0.1) is 12.8 Å². The van der Waals surface area contributed by atoms with E-state index in [1.807, 2.05) is 38.2 Å². The molecule has 0 fully saturated rings. The molecule has 0 aliphatic rings. The first-order chi connectivity index (χ1) is 23.0. The zero-order valence-corrected chi connectivity index (χ0v) is 28.9. The summed E-state index contributed by atoms with van der Waals surface area (Å²) in [6.07, 6.45) is 13.5. The maximum atomic E-state index is 12.4. The fourth-order valence-electron chi connectivity index (χ4n) is 3.98. The fraction of sp³-hybridized carbons (Fsp3) is 0.412. The maximum absolute atomic E-state index is 12.4. The molecule has 0 heterocycles. The number of nitrogens with two attached hydrogens (primary N) is 4. The van der Waals surface area contributed by atoms with Crippen molar-refractivity contribution in [3.63, 3.8) is 0 Å². The van der Waals surface area contributed by atoms with Crippen molar-refractivity contribution in [3.05, 3.63) is 65.0 Å². The molecule has 48 heavy (non-hydrogen) atoms. The van der Waals surface area contributed by atoms with E-state index >= 15 is 0 Å². The molecule has 1 atom stereocenters. The molecule has 14 heteroatoms. The summed E-state index contributed by atoms with van der Waals surface area (Å²) < 4.78 is 5.00. The Morgan fingerprint density at radius 1 is 1.10 bits per heavy atom. The van der Waals surface area contributed by atoms with Crippen LogP contribution in [-0.4, -0.2) is 81.3 Å². The number of nitrogens with zero attached hydrogens (tertiary/aromatic N) is 2. The Balaban J connectivity index is 0. The standard InChI is InChI=1S/C22H39N7O2.C8H11NO.C2H3NO2.C2H2/c1-4-6-17(2)28(3)15-20-18(16-30)7-5-8-21(20)27-22(31)9-10-26-11-12-29(25)14-19(24)13-23;1-6-3-4-7(9)8(5-6)10-2;4-1-3-2-5;1-2/h5,7-8,14,16-17,26H,4,6,9-13,15,23-25H2,1-3H3,(H,27,31);3-5H,9H2,1-2H3;1-2H,(H,3,4,5);1-2H/b19-14-;;;. The number of amides is 3. The molecule has 0 aliphatic carbocycles. The number of nitrogens with one attached hydrogen (secondary N) is 3. The van der Waals surface area contributed by atoms with Gasteiger partial charge in [-0.1, -0.05) is 31.5 Å². The van der Waals surface area contributed by atoms with E-state index in [0.29, 0.717) is 74.1 Å². The Morgan fingerprint density at radius 2 is 1.77 bits per heavy atom. The van der Waals surface area contributed by atoms with Gasteiger partial charge in [0.25, 0.3) is 0 Å². The molecule has 0 aromatic heterocycles. The third-order valence-electron chi connectivity index (χ3n) is 6.65. The zero-order valence-electron chi connectivity index (χ0n) is 28.9. The molecule has 0 saturated heterocycles. The number of rotatable bonds is 18. The Bertz CT molecular complexity index is 1260. The van der Waals surface area contributed by atoms with Gasteiger partial charge < -0.3 is 42.9 Å². The van der Waals surface area contributed by atoms with Crippen molar-refractivity contribution in [2.24, 2.45) is 17.3 Å². The number of methoxy groups -OCH3 is 1. The highest BCUT2D eigenvalue weighted by atomic mass is 16.5. The average molecular weight is 670 g/mol. The van der Waals surface area contributed by atoms with Crippen LogP contribution in [0.25, 0.3) is 0 Å². The number of anilines is 2. The van der Waals surface area contributed by atoms with Crippen LogP contribution in [0, 0.1) is 19.8 Å². The topological polar surface area (TPSA) is 224 Å². The molecule has 2 rings (SSSR count). The van der Waals surface area contributed by atoms with E-state index in [9.17, 15) is 9.59 Å². The van der Waals surface area contributed by atoms with Crippen LogP contribution in [-0.2, 0) is 20.9 Å². The van der Waals surface area contributed by atoms with E-state index in [2.05, 4.69) is 42.2 Å². The summed E-state index contributed by atoms with van der Waals surface area (Å²) in [5.74, 6) is 6.42. The van der Waals surface area contributed by atoms with Crippen molar-refractivity contribution in [3.8, 4) is 18.6 Å². The van der Waals surface area contributed by atoms with Crippen LogP contribution in [0.4, 0.5) is 11.4 Å². The van der Waals surface area contributed by atoms with Crippen molar-refractivity contribution in [2.75, 3.05) is 51.4 Å². The van der Waals surface area contributed by atoms with Crippen LogP contribution in [0.3, 0.4) is 0 Å². The van der Waals surface area contributed by atoms with Crippen LogP contribution in [0.5, 0.6) is 5.75 Å². The Hall–Kier alpha value is -4.94. The van der Waals surface area contributed by atoms with Gasteiger partial charge in [0.2, 0.25) is 18.7 Å². The number of imide groups is 1. The molecular formula is C34H55N9O5. The lowest BCUT2D eigenvalue weighted by Crippen LogP contribution is -2.35. The van der Waals surface area contributed by atoms with Crippen molar-refractivity contribution in [2.45, 2.75) is 52.6 Å². The molecule has 14 nitrogen and oxygen atoms in total. The first-order valence-corrected chi connectivity index (χ1v) is 15.3. The number of aldehydes is 1. The second-order valence-electron chi connectivity index (χ2n) is 10.4. The predicted octanol–water partition coefficient (Wildman–Crippen LogP) is 1.70. The number of aryl methyl sites for hydroxylation is 1. The fourth-order valence-corrected chi connectivity index (χ4v) is 3.98. The van der Waals surface area contributed by atoms with E-state index in [1.165, 1.54) is 5.01 Å². The highest BCUT2D eigenvalue weighted by Crippen LogP contribution is 2.23. The van der Waals surface area contributed by atoms with Crippen LogP contribution in [0.15, 0.2) is 48.3 Å². The number of carbonyl (C=O) groups excluding carboxylic acids is 4. The second kappa shape index (κ2) is 28.3. The molecule has 1 unspecified atom stereocenters. The molecule has 11 N–H and O–H groups in total. The molecule has 266 valence electrons. The van der Waals surface area contributed by atoms with E-state index in [0.717, 1.165) is 36.0 Å². The third kappa shape index (κ3) is 20.2. The van der Waals surface area contributed by atoms with Gasteiger partial charge in [0.1, 0.15) is 12.0 Å². The van der Waals surface area contributed by atoms with Crippen LogP contribution >= 0.6 is 0 Å². The highest BCUT2D eigenvalue weighted by molar-refractivity contribution is 5.93. The summed E-state index contributed by atoms with van der Waals surface area (Å²) >= 11 is 0. The SMILES string of the molecule is C#C.CCCC(C)N(C)Cc1c(C=O)cccc1NC(=O)CCNCCN(N)/C=C(\N)CN.COc1cc(C)ccc1N.O=CNC=O. The number of hydrogen-bond acceptors (Lipinski definition) is 12. The van der Waals surface area contributed by atoms with E-state index < -0.39 is 0 Å². The Labute approximate surface area is 285 Å². The number of hydrogen-bond donors (Lipinski definition) is 7. The van der Waals surface area contributed by atoms with E-state index in [-0.39, 0.29) is 12.5 Å². The number of ether oxygens (including phenoxy) is 1. The molecule has 0 radical (unpaired) electrons. The lowest BCUT2D eigenvalue weighted by molar-refractivity contribution is -0.117. The van der Waals surface area contributed by atoms with Crippen molar-refractivity contribution < 1.29 is 23.9 Å². The molecule has 2 aromatic carbocycles. The molecule has 3 amide bonds. The second-order valence-corrected chi connectivity index (χ2v) is 10.4. The predicted molar refractivity (Wildman–Crippen MR) is 193 cm³/mol. The van der Waals surface area contributed by atoms with Gasteiger partial charge in [-0.3, -0.25) is 24.1 Å². The van der Waals surface area contributed by atoms with E-state index in [4.69, 9.17) is 37.4 Å². The average Bonchev–Trinajstić information content (AvgIpc) is 3.08. The minimum absolute atomic E-state index is 0.113. The van der Waals surface area contributed by atoms with Crippen molar-refractivity contribution >= 4 is 36.4 Å². The lowest BCUT2D eigenvalue weighted by atomic mass is 10.0. The minimum atomic E-state index is -0.113. The molecule has 0 saturated carbocycles. The lowest BCUT2D eigenvalue weighted by Gasteiger charge is -2.26. The number of nitrogen functional groups attached to an aromatic ring is 1. The molecular weight excluding hydrogens is 614 g/mol. The van der Waals surface area contributed by atoms with Crippen LogP contribution in [0.1, 0.15) is 54.6 Å². The number of benzene rings is 2. The number of carbonyl (C=O) groups is 4. The summed E-state index contributed by atoms with van der Waals surface area (Å²) in [7, 11) is 3.65. The van der Waals surface area contributed by atoms with Crippen LogP contribution < -0.4 is 43.7 Å². The van der Waals surface area contributed by atoms with Gasteiger partial charge in [-0.25, -0.2) is 5.84 Å². The van der Waals surface area contributed by atoms with Crippen molar-refractivity contribution in [1.29, 1.82) is 0 Å². The largest absolute Gasteiger partial charge is 0.495 e. The smallest absolute Gasteiger partial charge is 0.225 e. The summed E-state index contributed by atoms with van der Waals surface area (Å²) in [6, 6.07) is 11.5. The normalized spacial score (nSPS) is 10.8. The minimum Gasteiger partial charge on any atom is -0.495 e. The van der Waals surface area contributed by atoms with Gasteiger partial charge in [0.15, 0.2) is 0 Å². The van der Waals surface area contributed by atoms with Crippen molar-refractivity contribution in [1.82, 2.24) is 20.5 Å². The maximum Gasteiger partial charge on any atom is 0.225 e. The van der Waals surface area contributed by atoms with Gasteiger partial charge in [-0.05, 0) is 51.1 Å². The summed E-state index contributed by atoms with van der Waals surface area (Å²) in [6.45, 7) is 8.81. The first kappa shape index (κ1) is 45.2. The van der Waals surface area contributed by atoms with E-state index in [1.54, 1.807) is 30.8 Å².